The lowest BCUT2D eigenvalue weighted by atomic mass is 10.2. The lowest BCUT2D eigenvalue weighted by Crippen LogP contribution is -2.34. The Morgan fingerprint density at radius 1 is 1.15 bits per heavy atom. The van der Waals surface area contributed by atoms with E-state index < -0.39 is 5.91 Å². The number of aromatic nitrogens is 1. The van der Waals surface area contributed by atoms with Gasteiger partial charge in [0.2, 0.25) is 0 Å². The summed E-state index contributed by atoms with van der Waals surface area (Å²) in [4.78, 5) is 16.7. The van der Waals surface area contributed by atoms with Crippen molar-refractivity contribution in [2.75, 3.05) is 19.5 Å². The highest BCUT2D eigenvalue weighted by Crippen LogP contribution is 2.36. The van der Waals surface area contributed by atoms with Crippen molar-refractivity contribution in [2.45, 2.75) is 0 Å². The van der Waals surface area contributed by atoms with E-state index in [1.165, 1.54) is 17.4 Å². The van der Waals surface area contributed by atoms with Gasteiger partial charge in [-0.1, -0.05) is 34.5 Å². The summed E-state index contributed by atoms with van der Waals surface area (Å²) < 4.78 is 11.4. The van der Waals surface area contributed by atoms with Crippen LogP contribution in [0.15, 0.2) is 30.3 Å². The van der Waals surface area contributed by atoms with E-state index in [4.69, 9.17) is 44.9 Å². The van der Waals surface area contributed by atoms with Crippen molar-refractivity contribution >= 4 is 73.1 Å². The van der Waals surface area contributed by atoms with Crippen molar-refractivity contribution in [3.8, 4) is 11.5 Å². The van der Waals surface area contributed by atoms with Gasteiger partial charge < -0.3 is 14.8 Å². The molecule has 1 aromatic heterocycles. The second-order valence-electron chi connectivity index (χ2n) is 5.23. The highest BCUT2D eigenvalue weighted by Gasteiger charge is 2.14. The molecule has 1 amide bonds. The molecule has 0 saturated carbocycles. The SMILES string of the molecule is COc1cc(OC)c2nc(NC(=S)NC(=O)c3ccc(Cl)c(Cl)c3)sc2c1. The second kappa shape index (κ2) is 8.26. The van der Waals surface area contributed by atoms with E-state index in [9.17, 15) is 4.79 Å². The maximum Gasteiger partial charge on any atom is 0.257 e. The van der Waals surface area contributed by atoms with Crippen LogP contribution in [-0.4, -0.2) is 30.2 Å². The Balaban J connectivity index is 1.75. The predicted molar refractivity (Wildman–Crippen MR) is 113 cm³/mol. The largest absolute Gasteiger partial charge is 0.497 e. The minimum Gasteiger partial charge on any atom is -0.497 e. The number of amides is 1. The topological polar surface area (TPSA) is 72.5 Å². The van der Waals surface area contributed by atoms with Gasteiger partial charge in [-0.3, -0.25) is 10.1 Å². The van der Waals surface area contributed by atoms with Crippen LogP contribution < -0.4 is 20.1 Å². The summed E-state index contributed by atoms with van der Waals surface area (Å²) in [6.45, 7) is 0. The maximum atomic E-state index is 12.3. The Bertz CT molecular complexity index is 1040. The van der Waals surface area contributed by atoms with E-state index in [2.05, 4.69) is 15.6 Å². The van der Waals surface area contributed by atoms with E-state index in [1.807, 2.05) is 6.07 Å². The number of carbonyl (C=O) groups is 1. The molecular weight excluding hydrogens is 429 g/mol. The predicted octanol–water partition coefficient (Wildman–Crippen LogP) is 4.75. The quantitative estimate of drug-likeness (QED) is 0.569. The molecule has 3 rings (SSSR count). The van der Waals surface area contributed by atoms with Crippen LogP contribution in [0.3, 0.4) is 0 Å². The van der Waals surface area contributed by atoms with Crippen LogP contribution in [0.25, 0.3) is 10.2 Å². The molecule has 27 heavy (non-hydrogen) atoms. The zero-order valence-corrected chi connectivity index (χ0v) is 17.3. The highest BCUT2D eigenvalue weighted by molar-refractivity contribution is 7.80. The number of halogens is 2. The number of methoxy groups -OCH3 is 2. The van der Waals surface area contributed by atoms with Gasteiger partial charge in [0.1, 0.15) is 17.0 Å². The smallest absolute Gasteiger partial charge is 0.257 e. The average Bonchev–Trinajstić information content (AvgIpc) is 3.04. The minimum atomic E-state index is -0.411. The van der Waals surface area contributed by atoms with Crippen LogP contribution in [0.5, 0.6) is 11.5 Å². The van der Waals surface area contributed by atoms with Gasteiger partial charge in [0.05, 0.1) is 29.0 Å². The molecule has 10 heteroatoms. The Labute approximate surface area is 174 Å². The number of nitrogens with zero attached hydrogens (tertiary/aromatic N) is 1. The molecule has 3 aromatic rings. The van der Waals surface area contributed by atoms with Crippen molar-refractivity contribution in [3.05, 3.63) is 45.9 Å². The van der Waals surface area contributed by atoms with Gasteiger partial charge in [0.25, 0.3) is 5.91 Å². The number of benzene rings is 2. The van der Waals surface area contributed by atoms with Gasteiger partial charge in [-0.2, -0.15) is 0 Å². The van der Waals surface area contributed by atoms with E-state index in [0.29, 0.717) is 32.7 Å². The molecule has 0 atom stereocenters. The number of hydrogen-bond acceptors (Lipinski definition) is 6. The van der Waals surface area contributed by atoms with Gasteiger partial charge in [-0.15, -0.1) is 0 Å². The molecule has 0 aliphatic rings. The first-order valence-corrected chi connectivity index (χ1v) is 9.49. The van der Waals surface area contributed by atoms with Gasteiger partial charge in [0, 0.05) is 11.6 Å². The molecule has 2 aromatic carbocycles. The Morgan fingerprint density at radius 2 is 1.93 bits per heavy atom. The first-order valence-electron chi connectivity index (χ1n) is 7.51. The Morgan fingerprint density at radius 3 is 2.59 bits per heavy atom. The summed E-state index contributed by atoms with van der Waals surface area (Å²) in [5, 5.41) is 6.75. The molecular formula is C17H13Cl2N3O3S2. The zero-order chi connectivity index (χ0) is 19.6. The fourth-order valence-electron chi connectivity index (χ4n) is 2.24. The monoisotopic (exact) mass is 441 g/mol. The van der Waals surface area contributed by atoms with Gasteiger partial charge in [-0.25, -0.2) is 4.98 Å². The molecule has 0 radical (unpaired) electrons. The fourth-order valence-corrected chi connectivity index (χ4v) is 3.71. The molecule has 0 aliphatic carbocycles. The summed E-state index contributed by atoms with van der Waals surface area (Å²) in [5.41, 5.74) is 1.01. The molecule has 6 nitrogen and oxygen atoms in total. The van der Waals surface area contributed by atoms with Crippen molar-refractivity contribution in [1.82, 2.24) is 10.3 Å². The maximum absolute atomic E-state index is 12.3. The summed E-state index contributed by atoms with van der Waals surface area (Å²) in [6, 6.07) is 8.16. The third-order valence-electron chi connectivity index (χ3n) is 3.52. The van der Waals surface area contributed by atoms with Crippen LogP contribution >= 0.6 is 46.8 Å². The van der Waals surface area contributed by atoms with Gasteiger partial charge in [-0.05, 0) is 36.5 Å². The molecule has 0 unspecified atom stereocenters. The Hall–Kier alpha value is -2.13. The number of thiazole rings is 1. The number of rotatable bonds is 4. The number of fused-ring (bicyclic) bond motifs is 1. The number of nitrogens with one attached hydrogen (secondary N) is 2. The van der Waals surface area contributed by atoms with Gasteiger partial charge in [0.15, 0.2) is 10.2 Å². The lowest BCUT2D eigenvalue weighted by molar-refractivity contribution is 0.0977. The van der Waals surface area contributed by atoms with Crippen LogP contribution in [0, 0.1) is 0 Å². The molecule has 140 valence electrons. The third kappa shape index (κ3) is 4.41. The van der Waals surface area contributed by atoms with Crippen molar-refractivity contribution in [1.29, 1.82) is 0 Å². The molecule has 1 heterocycles. The summed E-state index contributed by atoms with van der Waals surface area (Å²) >= 11 is 18.3. The van der Waals surface area contributed by atoms with E-state index in [0.717, 1.165) is 4.70 Å². The summed E-state index contributed by atoms with van der Waals surface area (Å²) in [5.74, 6) is 0.830. The number of thiocarbonyl (C=S) groups is 1. The van der Waals surface area contributed by atoms with Crippen LogP contribution in [0.1, 0.15) is 10.4 Å². The van der Waals surface area contributed by atoms with Crippen molar-refractivity contribution in [3.63, 3.8) is 0 Å². The fraction of sp³-hybridized carbons (Fsp3) is 0.118. The van der Waals surface area contributed by atoms with E-state index >= 15 is 0 Å². The number of anilines is 1. The first-order chi connectivity index (χ1) is 12.9. The Kier molecular flexibility index (Phi) is 6.01. The normalized spacial score (nSPS) is 10.5. The molecule has 0 saturated heterocycles. The molecule has 0 spiro atoms. The van der Waals surface area contributed by atoms with Crippen molar-refractivity contribution in [2.24, 2.45) is 0 Å². The van der Waals surface area contributed by atoms with Gasteiger partial charge >= 0.3 is 0 Å². The van der Waals surface area contributed by atoms with Crippen LogP contribution in [0.4, 0.5) is 5.13 Å². The zero-order valence-electron chi connectivity index (χ0n) is 14.1. The number of hydrogen-bond donors (Lipinski definition) is 2. The molecule has 0 fully saturated rings. The van der Waals surface area contributed by atoms with E-state index in [1.54, 1.807) is 32.4 Å². The number of carbonyl (C=O) groups excluding carboxylic acids is 1. The highest BCUT2D eigenvalue weighted by atomic mass is 35.5. The molecule has 2 N–H and O–H groups in total. The average molecular weight is 442 g/mol. The van der Waals surface area contributed by atoms with Crippen LogP contribution in [0.2, 0.25) is 10.0 Å². The minimum absolute atomic E-state index is 0.107. The third-order valence-corrected chi connectivity index (χ3v) is 5.38. The lowest BCUT2D eigenvalue weighted by Gasteiger charge is -2.07. The molecule has 0 bridgehead atoms. The second-order valence-corrected chi connectivity index (χ2v) is 7.49. The number of ether oxygens (including phenoxy) is 2. The van der Waals surface area contributed by atoms with Crippen LogP contribution in [-0.2, 0) is 0 Å². The summed E-state index contributed by atoms with van der Waals surface area (Å²) in [7, 11) is 3.14. The summed E-state index contributed by atoms with van der Waals surface area (Å²) in [6.07, 6.45) is 0. The molecule has 0 aliphatic heterocycles. The van der Waals surface area contributed by atoms with Crippen molar-refractivity contribution < 1.29 is 14.3 Å². The standard InChI is InChI=1S/C17H13Cl2N3O3S2/c1-24-9-6-12(25-2)14-13(7-9)27-17(20-14)22-16(26)21-15(23)8-3-4-10(18)11(19)5-8/h3-7H,1-2H3,(H2,20,21,22,23,26). The van der Waals surface area contributed by atoms with E-state index in [-0.39, 0.29) is 10.1 Å². The first kappa shape index (κ1) is 19.6.